The number of nitrogens with zero attached hydrogens (tertiary/aromatic N) is 1. The zero-order chi connectivity index (χ0) is 9.97. The summed E-state index contributed by atoms with van der Waals surface area (Å²) in [7, 11) is 0. The molecule has 76 valence electrons. The van der Waals surface area contributed by atoms with Crippen LogP contribution in [0.3, 0.4) is 0 Å². The van der Waals surface area contributed by atoms with E-state index in [1.54, 1.807) is 6.07 Å². The normalized spacial score (nSPS) is 17.5. The second-order valence-corrected chi connectivity index (χ2v) is 4.09. The first-order valence-corrected chi connectivity index (χ1v) is 5.62. The van der Waals surface area contributed by atoms with Crippen molar-refractivity contribution in [2.45, 2.75) is 37.6 Å². The number of pyridine rings is 1. The largest absolute Gasteiger partial charge is 0.312 e. The van der Waals surface area contributed by atoms with Gasteiger partial charge in [-0.05, 0) is 18.9 Å². The lowest BCUT2D eigenvalue weighted by Crippen LogP contribution is -2.25. The molecule has 0 N–H and O–H groups in total. The van der Waals surface area contributed by atoms with Crippen LogP contribution in [0, 0.1) is 0 Å². The Bertz CT molecular complexity index is 366. The van der Waals surface area contributed by atoms with Crippen LogP contribution in [0.5, 0.6) is 0 Å². The molecule has 1 aliphatic carbocycles. The third-order valence-electron chi connectivity index (χ3n) is 2.92. The van der Waals surface area contributed by atoms with E-state index in [0.717, 1.165) is 12.8 Å². The van der Waals surface area contributed by atoms with E-state index in [0.29, 0.717) is 17.5 Å². The molecule has 0 spiro atoms. The lowest BCUT2D eigenvalue weighted by atomic mass is 10.2. The molecule has 2 rings (SSSR count). The quantitative estimate of drug-likeness (QED) is 0.690. The summed E-state index contributed by atoms with van der Waals surface area (Å²) in [6.07, 6.45) is 6.62. The van der Waals surface area contributed by atoms with Crippen LogP contribution in [0.15, 0.2) is 23.1 Å². The van der Waals surface area contributed by atoms with Crippen LogP contribution < -0.4 is 5.56 Å². The molecule has 2 nitrogen and oxygen atoms in total. The fourth-order valence-electron chi connectivity index (χ4n) is 2.13. The van der Waals surface area contributed by atoms with Crippen LogP contribution in [0.1, 0.15) is 37.3 Å². The molecule has 0 aromatic carbocycles. The smallest absolute Gasteiger partial charge is 0.255 e. The lowest BCUT2D eigenvalue weighted by molar-refractivity contribution is 0.500. The molecule has 0 radical (unpaired) electrons. The molecular weight excluding hydrogens is 198 g/mol. The summed E-state index contributed by atoms with van der Waals surface area (Å²) in [5, 5.41) is 0. The molecule has 0 bridgehead atoms. The Hall–Kier alpha value is -0.760. The molecule has 14 heavy (non-hydrogen) atoms. The minimum Gasteiger partial charge on any atom is -0.312 e. The Labute approximate surface area is 88.5 Å². The Morgan fingerprint density at radius 1 is 1.43 bits per heavy atom. The van der Waals surface area contributed by atoms with E-state index in [9.17, 15) is 4.79 Å². The van der Waals surface area contributed by atoms with Crippen LogP contribution in [-0.2, 0) is 5.88 Å². The predicted octanol–water partition coefficient (Wildman–Crippen LogP) is 2.70. The van der Waals surface area contributed by atoms with Crippen molar-refractivity contribution < 1.29 is 0 Å². The number of hydrogen-bond donors (Lipinski definition) is 0. The van der Waals surface area contributed by atoms with Crippen molar-refractivity contribution in [1.82, 2.24) is 4.57 Å². The summed E-state index contributed by atoms with van der Waals surface area (Å²) in [6.45, 7) is 0. The zero-order valence-corrected chi connectivity index (χ0v) is 8.83. The van der Waals surface area contributed by atoms with Gasteiger partial charge in [-0.2, -0.15) is 0 Å². The van der Waals surface area contributed by atoms with Crippen LogP contribution in [0.25, 0.3) is 0 Å². The fraction of sp³-hybridized carbons (Fsp3) is 0.545. The van der Waals surface area contributed by atoms with Gasteiger partial charge < -0.3 is 4.57 Å². The van der Waals surface area contributed by atoms with E-state index in [1.165, 1.54) is 12.8 Å². The number of rotatable bonds is 2. The summed E-state index contributed by atoms with van der Waals surface area (Å²) in [5.41, 5.74) is 0.801. The molecule has 1 fully saturated rings. The highest BCUT2D eigenvalue weighted by molar-refractivity contribution is 6.17. The standard InChI is InChI=1S/C11H14ClNO/c12-8-9-4-3-7-13(11(9)14)10-5-1-2-6-10/h3-4,7,10H,1-2,5-6,8H2. The van der Waals surface area contributed by atoms with E-state index in [-0.39, 0.29) is 5.56 Å². The van der Waals surface area contributed by atoms with Gasteiger partial charge in [0.15, 0.2) is 0 Å². The molecule has 0 aliphatic heterocycles. The van der Waals surface area contributed by atoms with Gasteiger partial charge in [-0.15, -0.1) is 11.6 Å². The predicted molar refractivity (Wildman–Crippen MR) is 57.8 cm³/mol. The average molecular weight is 212 g/mol. The Balaban J connectivity index is 2.37. The van der Waals surface area contributed by atoms with Gasteiger partial charge in [0.05, 0.1) is 5.88 Å². The minimum atomic E-state index is 0.0920. The lowest BCUT2D eigenvalue weighted by Gasteiger charge is -2.13. The van der Waals surface area contributed by atoms with E-state index < -0.39 is 0 Å². The number of hydrogen-bond acceptors (Lipinski definition) is 1. The molecule has 0 saturated heterocycles. The Morgan fingerprint density at radius 3 is 2.79 bits per heavy atom. The summed E-state index contributed by atoms with van der Waals surface area (Å²) < 4.78 is 1.85. The number of aromatic nitrogens is 1. The van der Waals surface area contributed by atoms with Crippen LogP contribution in [0.2, 0.25) is 0 Å². The summed E-state index contributed by atoms with van der Waals surface area (Å²) in [6, 6.07) is 4.13. The SMILES string of the molecule is O=c1c(CCl)cccn1C1CCCC1. The molecule has 1 aromatic rings. The van der Waals surface area contributed by atoms with E-state index in [1.807, 2.05) is 16.8 Å². The van der Waals surface area contributed by atoms with Crippen molar-refractivity contribution in [1.29, 1.82) is 0 Å². The fourth-order valence-corrected chi connectivity index (χ4v) is 2.33. The maximum Gasteiger partial charge on any atom is 0.255 e. The van der Waals surface area contributed by atoms with Gasteiger partial charge in [0, 0.05) is 17.8 Å². The maximum atomic E-state index is 11.9. The first-order chi connectivity index (χ1) is 6.83. The molecule has 3 heteroatoms. The monoisotopic (exact) mass is 211 g/mol. The van der Waals surface area contributed by atoms with Crippen molar-refractivity contribution in [2.75, 3.05) is 0 Å². The molecule has 1 saturated carbocycles. The van der Waals surface area contributed by atoms with Crippen LogP contribution in [-0.4, -0.2) is 4.57 Å². The first kappa shape index (κ1) is 9.78. The Morgan fingerprint density at radius 2 is 2.14 bits per heavy atom. The van der Waals surface area contributed by atoms with E-state index >= 15 is 0 Å². The summed E-state index contributed by atoms with van der Waals surface area (Å²) >= 11 is 5.70. The topological polar surface area (TPSA) is 22.0 Å². The summed E-state index contributed by atoms with van der Waals surface area (Å²) in [4.78, 5) is 11.9. The third-order valence-corrected chi connectivity index (χ3v) is 3.20. The molecule has 0 amide bonds. The molecule has 1 heterocycles. The van der Waals surface area contributed by atoms with Crippen molar-refractivity contribution in [2.24, 2.45) is 0 Å². The molecule has 0 unspecified atom stereocenters. The van der Waals surface area contributed by atoms with Crippen molar-refractivity contribution in [3.8, 4) is 0 Å². The van der Waals surface area contributed by atoms with Crippen molar-refractivity contribution in [3.05, 3.63) is 34.2 Å². The molecule has 1 aliphatic rings. The van der Waals surface area contributed by atoms with Crippen molar-refractivity contribution in [3.63, 3.8) is 0 Å². The second-order valence-electron chi connectivity index (χ2n) is 3.82. The minimum absolute atomic E-state index is 0.0920. The van der Waals surface area contributed by atoms with Gasteiger partial charge in [0.25, 0.3) is 5.56 Å². The second kappa shape index (κ2) is 4.18. The van der Waals surface area contributed by atoms with Crippen LogP contribution >= 0.6 is 11.6 Å². The van der Waals surface area contributed by atoms with E-state index in [2.05, 4.69) is 0 Å². The highest BCUT2D eigenvalue weighted by Crippen LogP contribution is 2.27. The maximum absolute atomic E-state index is 11.9. The molecular formula is C11H14ClNO. The summed E-state index contributed by atoms with van der Waals surface area (Å²) in [5.74, 6) is 0.312. The van der Waals surface area contributed by atoms with Gasteiger partial charge in [0.1, 0.15) is 0 Å². The first-order valence-electron chi connectivity index (χ1n) is 5.09. The number of halogens is 1. The highest BCUT2D eigenvalue weighted by Gasteiger charge is 2.18. The third kappa shape index (κ3) is 1.71. The zero-order valence-electron chi connectivity index (χ0n) is 8.08. The molecule has 0 atom stereocenters. The Kier molecular flexibility index (Phi) is 2.92. The average Bonchev–Trinajstić information content (AvgIpc) is 2.71. The van der Waals surface area contributed by atoms with Gasteiger partial charge >= 0.3 is 0 Å². The van der Waals surface area contributed by atoms with Crippen LogP contribution in [0.4, 0.5) is 0 Å². The van der Waals surface area contributed by atoms with Gasteiger partial charge in [-0.3, -0.25) is 4.79 Å². The van der Waals surface area contributed by atoms with Gasteiger partial charge in [-0.25, -0.2) is 0 Å². The molecule has 1 aromatic heterocycles. The number of alkyl halides is 1. The van der Waals surface area contributed by atoms with Crippen molar-refractivity contribution >= 4 is 11.6 Å². The van der Waals surface area contributed by atoms with Gasteiger partial charge in [0.2, 0.25) is 0 Å². The highest BCUT2D eigenvalue weighted by atomic mass is 35.5. The van der Waals surface area contributed by atoms with Gasteiger partial charge in [-0.1, -0.05) is 18.9 Å². The van der Waals surface area contributed by atoms with E-state index in [4.69, 9.17) is 11.6 Å².